The molecule has 0 amide bonds. The van der Waals surface area contributed by atoms with Gasteiger partial charge in [0.1, 0.15) is 5.75 Å². The number of methoxy groups -OCH3 is 1. The highest BCUT2D eigenvalue weighted by Gasteiger charge is 2.21. The fourth-order valence-corrected chi connectivity index (χ4v) is 2.41. The van der Waals surface area contributed by atoms with Gasteiger partial charge in [-0.25, -0.2) is 0 Å². The van der Waals surface area contributed by atoms with E-state index < -0.39 is 21.2 Å². The van der Waals surface area contributed by atoms with Crippen LogP contribution in [0.2, 0.25) is 5.02 Å². The first-order valence-corrected chi connectivity index (χ1v) is 7.38. The van der Waals surface area contributed by atoms with E-state index in [9.17, 15) is 20.2 Å². The van der Waals surface area contributed by atoms with Crippen LogP contribution in [0.25, 0.3) is 22.8 Å². The molecule has 0 spiro atoms. The number of nitro benzene ring substituents is 2. The Kier molecular flexibility index (Phi) is 4.50. The highest BCUT2D eigenvalue weighted by atomic mass is 35.5. The van der Waals surface area contributed by atoms with Crippen molar-refractivity contribution >= 4 is 23.0 Å². The zero-order valence-electron chi connectivity index (χ0n) is 13.1. The van der Waals surface area contributed by atoms with E-state index in [1.807, 2.05) is 0 Å². The standard InChI is InChI=1S/C15H9ClN4O6/c1-25-13-3-2-9(16)6-12(13)14-17-15(26-18-14)8-4-10(19(21)22)7-11(5-8)20(23)24/h2-7H,1H3. The Labute approximate surface area is 150 Å². The molecule has 1 aromatic heterocycles. The number of aromatic nitrogens is 2. The summed E-state index contributed by atoms with van der Waals surface area (Å²) in [6.07, 6.45) is 0. The van der Waals surface area contributed by atoms with Gasteiger partial charge in [-0.05, 0) is 18.2 Å². The molecule has 132 valence electrons. The predicted molar refractivity (Wildman–Crippen MR) is 90.0 cm³/mol. The van der Waals surface area contributed by atoms with Gasteiger partial charge in [0.2, 0.25) is 5.82 Å². The normalized spacial score (nSPS) is 10.5. The molecule has 11 heteroatoms. The van der Waals surface area contributed by atoms with Crippen molar-refractivity contribution in [1.82, 2.24) is 10.1 Å². The quantitative estimate of drug-likeness (QED) is 0.483. The van der Waals surface area contributed by atoms with Crippen molar-refractivity contribution in [3.05, 3.63) is 61.6 Å². The van der Waals surface area contributed by atoms with Gasteiger partial charge in [-0.15, -0.1) is 0 Å². The number of ether oxygens (including phenoxy) is 1. The number of halogens is 1. The zero-order chi connectivity index (χ0) is 18.8. The average Bonchev–Trinajstić information content (AvgIpc) is 3.11. The summed E-state index contributed by atoms with van der Waals surface area (Å²) in [5.74, 6) is 0.439. The van der Waals surface area contributed by atoms with Crippen LogP contribution in [-0.4, -0.2) is 27.1 Å². The molecule has 0 atom stereocenters. The molecule has 0 unspecified atom stereocenters. The van der Waals surface area contributed by atoms with E-state index >= 15 is 0 Å². The van der Waals surface area contributed by atoms with Gasteiger partial charge in [0, 0.05) is 17.2 Å². The monoisotopic (exact) mass is 376 g/mol. The minimum Gasteiger partial charge on any atom is -0.496 e. The molecule has 0 saturated carbocycles. The molecule has 0 aliphatic carbocycles. The third-order valence-corrected chi connectivity index (χ3v) is 3.63. The third kappa shape index (κ3) is 3.30. The first-order chi connectivity index (χ1) is 12.4. The molecule has 26 heavy (non-hydrogen) atoms. The summed E-state index contributed by atoms with van der Waals surface area (Å²) < 4.78 is 10.3. The highest BCUT2D eigenvalue weighted by Crippen LogP contribution is 2.33. The summed E-state index contributed by atoms with van der Waals surface area (Å²) in [4.78, 5) is 24.6. The van der Waals surface area contributed by atoms with E-state index in [0.717, 1.165) is 18.2 Å². The van der Waals surface area contributed by atoms with Crippen LogP contribution in [-0.2, 0) is 0 Å². The average molecular weight is 377 g/mol. The Balaban J connectivity index is 2.10. The lowest BCUT2D eigenvalue weighted by Crippen LogP contribution is -1.94. The van der Waals surface area contributed by atoms with Crippen molar-refractivity contribution in [2.75, 3.05) is 7.11 Å². The molecule has 3 aromatic rings. The molecular weight excluding hydrogens is 368 g/mol. The minimum absolute atomic E-state index is 0.0469. The lowest BCUT2D eigenvalue weighted by molar-refractivity contribution is -0.394. The highest BCUT2D eigenvalue weighted by molar-refractivity contribution is 6.30. The Hall–Kier alpha value is -3.53. The molecule has 0 radical (unpaired) electrons. The smallest absolute Gasteiger partial charge is 0.277 e. The summed E-state index contributed by atoms with van der Waals surface area (Å²) in [6, 6.07) is 7.87. The predicted octanol–water partition coefficient (Wildman–Crippen LogP) is 3.88. The first-order valence-electron chi connectivity index (χ1n) is 7.01. The van der Waals surface area contributed by atoms with Gasteiger partial charge in [-0.1, -0.05) is 16.8 Å². The maximum absolute atomic E-state index is 11.0. The van der Waals surface area contributed by atoms with Crippen molar-refractivity contribution in [2.24, 2.45) is 0 Å². The first kappa shape index (κ1) is 17.3. The Bertz CT molecular complexity index is 987. The van der Waals surface area contributed by atoms with E-state index in [0.29, 0.717) is 16.3 Å². The van der Waals surface area contributed by atoms with Gasteiger partial charge in [-0.3, -0.25) is 20.2 Å². The number of hydrogen-bond donors (Lipinski definition) is 0. The van der Waals surface area contributed by atoms with Crippen molar-refractivity contribution < 1.29 is 19.1 Å². The van der Waals surface area contributed by atoms with Gasteiger partial charge in [0.25, 0.3) is 17.3 Å². The Morgan fingerprint density at radius 3 is 2.31 bits per heavy atom. The summed E-state index contributed by atoms with van der Waals surface area (Å²) >= 11 is 5.97. The van der Waals surface area contributed by atoms with E-state index in [2.05, 4.69) is 10.1 Å². The fourth-order valence-electron chi connectivity index (χ4n) is 2.23. The van der Waals surface area contributed by atoms with Crippen LogP contribution in [0.1, 0.15) is 0 Å². The van der Waals surface area contributed by atoms with Gasteiger partial charge < -0.3 is 9.26 Å². The summed E-state index contributed by atoms with van der Waals surface area (Å²) in [7, 11) is 1.46. The lowest BCUT2D eigenvalue weighted by Gasteiger charge is -2.04. The lowest BCUT2D eigenvalue weighted by atomic mass is 10.1. The molecule has 0 aliphatic rings. The van der Waals surface area contributed by atoms with Crippen LogP contribution in [0.15, 0.2) is 40.9 Å². The van der Waals surface area contributed by atoms with Crippen molar-refractivity contribution in [3.63, 3.8) is 0 Å². The molecule has 1 heterocycles. The van der Waals surface area contributed by atoms with Crippen molar-refractivity contribution in [1.29, 1.82) is 0 Å². The molecule has 0 fully saturated rings. The number of nitrogens with zero attached hydrogens (tertiary/aromatic N) is 4. The number of hydrogen-bond acceptors (Lipinski definition) is 8. The molecule has 10 nitrogen and oxygen atoms in total. The van der Waals surface area contributed by atoms with Crippen LogP contribution < -0.4 is 4.74 Å². The summed E-state index contributed by atoms with van der Waals surface area (Å²) in [6.45, 7) is 0. The zero-order valence-corrected chi connectivity index (χ0v) is 13.8. The second-order valence-corrected chi connectivity index (χ2v) is 5.46. The molecule has 0 saturated heterocycles. The van der Waals surface area contributed by atoms with Crippen LogP contribution >= 0.6 is 11.6 Å². The van der Waals surface area contributed by atoms with E-state index in [1.54, 1.807) is 18.2 Å². The van der Waals surface area contributed by atoms with Gasteiger partial charge in [0.15, 0.2) is 0 Å². The third-order valence-electron chi connectivity index (χ3n) is 3.40. The maximum Gasteiger partial charge on any atom is 0.277 e. The minimum atomic E-state index is -0.742. The van der Waals surface area contributed by atoms with E-state index in [-0.39, 0.29) is 17.3 Å². The maximum atomic E-state index is 11.0. The molecule has 0 N–H and O–H groups in total. The second-order valence-electron chi connectivity index (χ2n) is 5.02. The van der Waals surface area contributed by atoms with Crippen LogP contribution in [0, 0.1) is 20.2 Å². The van der Waals surface area contributed by atoms with E-state index in [4.69, 9.17) is 20.9 Å². The largest absolute Gasteiger partial charge is 0.496 e. The van der Waals surface area contributed by atoms with Gasteiger partial charge >= 0.3 is 0 Å². The number of rotatable bonds is 5. The SMILES string of the molecule is COc1ccc(Cl)cc1-c1noc(-c2cc([N+](=O)[O-])cc([N+](=O)[O-])c2)n1. The van der Waals surface area contributed by atoms with Gasteiger partial charge in [-0.2, -0.15) is 4.98 Å². The topological polar surface area (TPSA) is 134 Å². The van der Waals surface area contributed by atoms with Crippen LogP contribution in [0.3, 0.4) is 0 Å². The Morgan fingerprint density at radius 2 is 1.73 bits per heavy atom. The van der Waals surface area contributed by atoms with Crippen molar-refractivity contribution in [2.45, 2.75) is 0 Å². The fraction of sp³-hybridized carbons (Fsp3) is 0.0667. The van der Waals surface area contributed by atoms with Crippen LogP contribution in [0.4, 0.5) is 11.4 Å². The summed E-state index contributed by atoms with van der Waals surface area (Å²) in [5, 5.41) is 26.2. The molecule has 0 aliphatic heterocycles. The van der Waals surface area contributed by atoms with Crippen LogP contribution in [0.5, 0.6) is 5.75 Å². The summed E-state index contributed by atoms with van der Waals surface area (Å²) in [5.41, 5.74) is -0.441. The van der Waals surface area contributed by atoms with E-state index in [1.165, 1.54) is 7.11 Å². The molecule has 2 aromatic carbocycles. The molecular formula is C15H9ClN4O6. The number of non-ortho nitro benzene ring substituents is 2. The number of nitro groups is 2. The molecule has 0 bridgehead atoms. The van der Waals surface area contributed by atoms with Gasteiger partial charge in [0.05, 0.1) is 34.1 Å². The molecule has 3 rings (SSSR count). The number of benzene rings is 2. The second kappa shape index (κ2) is 6.76. The van der Waals surface area contributed by atoms with Crippen molar-refractivity contribution in [3.8, 4) is 28.6 Å². The Morgan fingerprint density at radius 1 is 1.08 bits per heavy atom.